The summed E-state index contributed by atoms with van der Waals surface area (Å²) in [5.74, 6) is -5.56. The molecule has 0 aromatic heterocycles. The molecule has 2 unspecified atom stereocenters. The van der Waals surface area contributed by atoms with Crippen molar-refractivity contribution < 1.29 is 39.2 Å². The predicted octanol–water partition coefficient (Wildman–Crippen LogP) is 0.372. The molecule has 0 fully saturated rings. The van der Waals surface area contributed by atoms with Crippen LogP contribution in [-0.2, 0) is 23.9 Å². The van der Waals surface area contributed by atoms with Gasteiger partial charge in [-0.05, 0) is 12.8 Å². The van der Waals surface area contributed by atoms with Crippen LogP contribution >= 0.6 is 0 Å². The number of carboxylic acid groups (broad SMARTS) is 3. The maximum Gasteiger partial charge on any atom is 0.310 e. The largest absolute Gasteiger partial charge is 0.481 e. The molecule has 0 saturated heterocycles. The van der Waals surface area contributed by atoms with E-state index in [4.69, 9.17) is 15.3 Å². The summed E-state index contributed by atoms with van der Waals surface area (Å²) in [5, 5.41) is 26.1. The summed E-state index contributed by atoms with van der Waals surface area (Å²) in [6.45, 7) is -0.131. The fourth-order valence-electron chi connectivity index (χ4n) is 1.40. The molecule has 2 atom stereocenters. The lowest BCUT2D eigenvalue weighted by atomic mass is 10.00. The molecule has 8 nitrogen and oxygen atoms in total. The van der Waals surface area contributed by atoms with Crippen molar-refractivity contribution in [2.75, 3.05) is 6.61 Å². The molecule has 0 aliphatic heterocycles. The smallest absolute Gasteiger partial charge is 0.310 e. The first-order chi connectivity index (χ1) is 9.38. The van der Waals surface area contributed by atoms with Gasteiger partial charge in [0.2, 0.25) is 0 Å². The van der Waals surface area contributed by atoms with Crippen LogP contribution in [0.1, 0.15) is 19.3 Å². The van der Waals surface area contributed by atoms with Crippen LogP contribution in [-0.4, -0.2) is 46.3 Å². The fourth-order valence-corrected chi connectivity index (χ4v) is 1.40. The lowest BCUT2D eigenvalue weighted by Crippen LogP contribution is -2.19. The van der Waals surface area contributed by atoms with E-state index in [9.17, 15) is 19.2 Å². The summed E-state index contributed by atoms with van der Waals surface area (Å²) < 4.78 is 4.36. The van der Waals surface area contributed by atoms with Gasteiger partial charge in [0.15, 0.2) is 0 Å². The third-order valence-electron chi connectivity index (χ3n) is 2.49. The van der Waals surface area contributed by atoms with E-state index in [1.165, 1.54) is 12.2 Å². The molecular weight excluding hydrogens is 272 g/mol. The Bertz CT molecular complexity index is 387. The number of ether oxygens (including phenoxy) is 1. The first-order valence-corrected chi connectivity index (χ1v) is 5.76. The predicted molar refractivity (Wildman–Crippen MR) is 64.9 cm³/mol. The van der Waals surface area contributed by atoms with Gasteiger partial charge >= 0.3 is 17.9 Å². The van der Waals surface area contributed by atoms with Crippen molar-refractivity contribution in [2.45, 2.75) is 19.3 Å². The number of carbonyl (C=O) groups excluding carboxylic acids is 1. The molecule has 0 heterocycles. The Morgan fingerprint density at radius 1 is 0.950 bits per heavy atom. The molecule has 0 aromatic carbocycles. The van der Waals surface area contributed by atoms with Gasteiger partial charge in [-0.25, -0.2) is 0 Å². The quantitative estimate of drug-likeness (QED) is 0.366. The topological polar surface area (TPSA) is 138 Å². The molecule has 0 aliphatic rings. The summed E-state index contributed by atoms with van der Waals surface area (Å²) in [6, 6.07) is 0. The SMILES string of the molecule is O=COCC(CC=CCC(CC(=O)O)C(=O)O)C(=O)O. The van der Waals surface area contributed by atoms with E-state index in [1.807, 2.05) is 0 Å². The second kappa shape index (κ2) is 9.54. The minimum atomic E-state index is -1.23. The Balaban J connectivity index is 4.31. The highest BCUT2D eigenvalue weighted by atomic mass is 16.5. The number of carboxylic acids is 3. The number of hydrogen-bond donors (Lipinski definition) is 3. The summed E-state index contributed by atoms with van der Waals surface area (Å²) in [7, 11) is 0. The summed E-state index contributed by atoms with van der Waals surface area (Å²) in [5.41, 5.74) is 0. The highest BCUT2D eigenvalue weighted by Crippen LogP contribution is 2.12. The summed E-state index contributed by atoms with van der Waals surface area (Å²) in [6.07, 6.45) is 2.39. The molecule has 112 valence electrons. The standard InChI is InChI=1S/C12H16O8/c13-7-20-6-9(12(18)19)4-2-1-3-8(11(16)17)5-10(14)15/h1-2,7-9H,3-6H2,(H,14,15)(H,16,17)(H,18,19). The van der Waals surface area contributed by atoms with E-state index in [-0.39, 0.29) is 25.9 Å². The maximum atomic E-state index is 10.8. The molecule has 0 aliphatic carbocycles. The number of hydrogen-bond acceptors (Lipinski definition) is 5. The van der Waals surface area contributed by atoms with Crippen LogP contribution in [0.25, 0.3) is 0 Å². The van der Waals surface area contributed by atoms with Crippen molar-refractivity contribution >= 4 is 24.4 Å². The molecule has 0 amide bonds. The second-order valence-electron chi connectivity index (χ2n) is 4.04. The molecule has 0 aromatic rings. The van der Waals surface area contributed by atoms with Crippen molar-refractivity contribution in [2.24, 2.45) is 11.8 Å². The zero-order valence-corrected chi connectivity index (χ0v) is 10.6. The van der Waals surface area contributed by atoms with Gasteiger partial charge in [0.25, 0.3) is 6.47 Å². The molecule has 0 spiro atoms. The first-order valence-electron chi connectivity index (χ1n) is 5.76. The number of rotatable bonds is 11. The van der Waals surface area contributed by atoms with E-state index in [0.717, 1.165) is 0 Å². The minimum Gasteiger partial charge on any atom is -0.481 e. The molecule has 20 heavy (non-hydrogen) atoms. The minimum absolute atomic E-state index is 0.0114. The molecule has 0 radical (unpaired) electrons. The van der Waals surface area contributed by atoms with Gasteiger partial charge in [-0.2, -0.15) is 0 Å². The third kappa shape index (κ3) is 7.85. The van der Waals surface area contributed by atoms with Crippen LogP contribution < -0.4 is 0 Å². The molecule has 8 heteroatoms. The Hall–Kier alpha value is -2.38. The lowest BCUT2D eigenvalue weighted by molar-refractivity contribution is -0.148. The van der Waals surface area contributed by atoms with E-state index >= 15 is 0 Å². The zero-order valence-electron chi connectivity index (χ0n) is 10.6. The van der Waals surface area contributed by atoms with Crippen molar-refractivity contribution in [1.29, 1.82) is 0 Å². The van der Waals surface area contributed by atoms with Crippen LogP contribution in [0.5, 0.6) is 0 Å². The summed E-state index contributed by atoms with van der Waals surface area (Å²) >= 11 is 0. The average molecular weight is 288 g/mol. The lowest BCUT2D eigenvalue weighted by Gasteiger charge is -2.08. The van der Waals surface area contributed by atoms with Crippen LogP contribution in [0.15, 0.2) is 12.2 Å². The molecule has 3 N–H and O–H groups in total. The second-order valence-corrected chi connectivity index (χ2v) is 4.04. The van der Waals surface area contributed by atoms with Gasteiger partial charge in [-0.15, -0.1) is 0 Å². The van der Waals surface area contributed by atoms with Crippen LogP contribution in [0, 0.1) is 11.8 Å². The Kier molecular flexibility index (Phi) is 8.40. The van der Waals surface area contributed by atoms with Gasteiger partial charge < -0.3 is 20.1 Å². The van der Waals surface area contributed by atoms with Crippen molar-refractivity contribution in [1.82, 2.24) is 0 Å². The Labute approximate surface area is 114 Å². The van der Waals surface area contributed by atoms with Crippen LogP contribution in [0.2, 0.25) is 0 Å². The first kappa shape index (κ1) is 17.6. The average Bonchev–Trinajstić information content (AvgIpc) is 2.35. The van der Waals surface area contributed by atoms with E-state index in [2.05, 4.69) is 4.74 Å². The zero-order chi connectivity index (χ0) is 15.5. The highest BCUT2D eigenvalue weighted by Gasteiger charge is 2.20. The molecular formula is C12H16O8. The Morgan fingerprint density at radius 3 is 1.85 bits per heavy atom. The van der Waals surface area contributed by atoms with E-state index < -0.39 is 36.2 Å². The Morgan fingerprint density at radius 2 is 1.45 bits per heavy atom. The van der Waals surface area contributed by atoms with Gasteiger partial charge in [-0.1, -0.05) is 12.2 Å². The van der Waals surface area contributed by atoms with E-state index in [1.54, 1.807) is 0 Å². The monoisotopic (exact) mass is 288 g/mol. The van der Waals surface area contributed by atoms with Crippen molar-refractivity contribution in [3.8, 4) is 0 Å². The summed E-state index contributed by atoms with van der Waals surface area (Å²) in [4.78, 5) is 42.0. The van der Waals surface area contributed by atoms with Crippen molar-refractivity contribution in [3.05, 3.63) is 12.2 Å². The van der Waals surface area contributed by atoms with Gasteiger partial charge in [0.05, 0.1) is 18.3 Å². The van der Waals surface area contributed by atoms with Crippen molar-refractivity contribution in [3.63, 3.8) is 0 Å². The van der Waals surface area contributed by atoms with Crippen LogP contribution in [0.3, 0.4) is 0 Å². The molecule has 0 bridgehead atoms. The number of aliphatic carboxylic acids is 3. The normalized spacial score (nSPS) is 13.6. The highest BCUT2D eigenvalue weighted by molar-refractivity contribution is 5.77. The number of carbonyl (C=O) groups is 4. The fraction of sp³-hybridized carbons (Fsp3) is 0.500. The van der Waals surface area contributed by atoms with Gasteiger partial charge in [0.1, 0.15) is 6.61 Å². The molecule has 0 rings (SSSR count). The third-order valence-corrected chi connectivity index (χ3v) is 2.49. The van der Waals surface area contributed by atoms with E-state index in [0.29, 0.717) is 0 Å². The van der Waals surface area contributed by atoms with Gasteiger partial charge in [0, 0.05) is 0 Å². The number of allylic oxidation sites excluding steroid dienone is 2. The van der Waals surface area contributed by atoms with Gasteiger partial charge in [-0.3, -0.25) is 19.2 Å². The van der Waals surface area contributed by atoms with Crippen LogP contribution in [0.4, 0.5) is 0 Å². The maximum absolute atomic E-state index is 10.8. The molecule has 0 saturated carbocycles.